The zero-order valence-electron chi connectivity index (χ0n) is 11.9. The van der Waals surface area contributed by atoms with Gasteiger partial charge in [-0.3, -0.25) is 9.59 Å². The van der Waals surface area contributed by atoms with Crippen molar-refractivity contribution in [1.82, 2.24) is 9.38 Å². The summed E-state index contributed by atoms with van der Waals surface area (Å²) in [5.74, 6) is -0.331. The van der Waals surface area contributed by atoms with Crippen molar-refractivity contribution in [2.75, 3.05) is 11.1 Å². The number of carbonyl (C=O) groups excluding carboxylic acids is 2. The number of carbonyl (C=O) groups is 2. The first kappa shape index (κ1) is 13.8. The van der Waals surface area contributed by atoms with E-state index in [4.69, 9.17) is 5.73 Å². The summed E-state index contributed by atoms with van der Waals surface area (Å²) < 4.78 is 1.70. The van der Waals surface area contributed by atoms with Gasteiger partial charge in [0.1, 0.15) is 11.3 Å². The molecule has 3 rings (SSSR count). The summed E-state index contributed by atoms with van der Waals surface area (Å²) in [6.45, 7) is 1.46. The SMILES string of the molecule is CC(=O)c1cn2cc(NC(=O)c3ccc(N)cc3)ccc2n1. The average molecular weight is 294 g/mol. The molecule has 0 unspecified atom stereocenters. The summed E-state index contributed by atoms with van der Waals surface area (Å²) in [5.41, 5.74) is 8.37. The molecule has 0 saturated heterocycles. The Balaban J connectivity index is 1.85. The molecule has 0 bridgehead atoms. The second-order valence-electron chi connectivity index (χ2n) is 4.94. The van der Waals surface area contributed by atoms with Crippen LogP contribution < -0.4 is 11.1 Å². The van der Waals surface area contributed by atoms with Gasteiger partial charge in [0.05, 0.1) is 5.69 Å². The summed E-state index contributed by atoms with van der Waals surface area (Å²) in [6.07, 6.45) is 3.35. The third-order valence-corrected chi connectivity index (χ3v) is 3.24. The summed E-state index contributed by atoms with van der Waals surface area (Å²) in [6, 6.07) is 10.1. The maximum atomic E-state index is 12.1. The molecule has 0 atom stereocenters. The van der Waals surface area contributed by atoms with Gasteiger partial charge < -0.3 is 15.5 Å². The largest absolute Gasteiger partial charge is 0.399 e. The van der Waals surface area contributed by atoms with Crippen LogP contribution in [0.3, 0.4) is 0 Å². The number of nitrogens with zero attached hydrogens (tertiary/aromatic N) is 2. The first-order chi connectivity index (χ1) is 10.5. The molecule has 6 nitrogen and oxygen atoms in total. The fraction of sp³-hybridized carbons (Fsp3) is 0.0625. The van der Waals surface area contributed by atoms with Crippen molar-refractivity contribution in [2.24, 2.45) is 0 Å². The normalized spacial score (nSPS) is 10.6. The van der Waals surface area contributed by atoms with Crippen molar-refractivity contribution >= 4 is 28.7 Å². The zero-order valence-corrected chi connectivity index (χ0v) is 11.9. The van der Waals surface area contributed by atoms with Gasteiger partial charge in [0.25, 0.3) is 5.91 Å². The summed E-state index contributed by atoms with van der Waals surface area (Å²) >= 11 is 0. The Morgan fingerprint density at radius 1 is 1.09 bits per heavy atom. The minimum atomic E-state index is -0.230. The Morgan fingerprint density at radius 2 is 1.82 bits per heavy atom. The van der Waals surface area contributed by atoms with Crippen LogP contribution in [0.25, 0.3) is 5.65 Å². The monoisotopic (exact) mass is 294 g/mol. The lowest BCUT2D eigenvalue weighted by atomic mass is 10.2. The number of fused-ring (bicyclic) bond motifs is 1. The number of nitrogens with one attached hydrogen (secondary N) is 1. The van der Waals surface area contributed by atoms with Crippen LogP contribution >= 0.6 is 0 Å². The molecule has 2 aromatic heterocycles. The van der Waals surface area contributed by atoms with E-state index in [-0.39, 0.29) is 11.7 Å². The highest BCUT2D eigenvalue weighted by atomic mass is 16.1. The van der Waals surface area contributed by atoms with E-state index in [0.717, 1.165) is 0 Å². The first-order valence-corrected chi connectivity index (χ1v) is 6.69. The number of imidazole rings is 1. The highest BCUT2D eigenvalue weighted by Crippen LogP contribution is 2.14. The molecule has 0 fully saturated rings. The molecule has 1 aromatic carbocycles. The van der Waals surface area contributed by atoms with Gasteiger partial charge in [-0.15, -0.1) is 0 Å². The van der Waals surface area contributed by atoms with Crippen molar-refractivity contribution in [3.8, 4) is 0 Å². The van der Waals surface area contributed by atoms with Crippen LogP contribution in [0, 0.1) is 0 Å². The lowest BCUT2D eigenvalue weighted by Gasteiger charge is -2.06. The molecule has 0 aliphatic carbocycles. The zero-order chi connectivity index (χ0) is 15.7. The van der Waals surface area contributed by atoms with Crippen LogP contribution in [0.1, 0.15) is 27.8 Å². The minimum absolute atomic E-state index is 0.101. The molecule has 3 aromatic rings. The van der Waals surface area contributed by atoms with E-state index in [1.807, 2.05) is 0 Å². The van der Waals surface area contributed by atoms with Crippen LogP contribution in [0.4, 0.5) is 11.4 Å². The quantitative estimate of drug-likeness (QED) is 0.573. The fourth-order valence-electron chi connectivity index (χ4n) is 2.07. The number of ketones is 1. The number of nitrogen functional groups attached to an aromatic ring is 1. The molecular formula is C16H14N4O2. The maximum absolute atomic E-state index is 12.1. The molecule has 0 aliphatic heterocycles. The molecule has 110 valence electrons. The minimum Gasteiger partial charge on any atom is -0.399 e. The molecule has 1 amide bonds. The molecule has 22 heavy (non-hydrogen) atoms. The molecule has 0 spiro atoms. The van der Waals surface area contributed by atoms with Crippen LogP contribution in [0.5, 0.6) is 0 Å². The predicted octanol–water partition coefficient (Wildman–Crippen LogP) is 2.37. The van der Waals surface area contributed by atoms with Gasteiger partial charge in [-0.2, -0.15) is 0 Å². The van der Waals surface area contributed by atoms with E-state index in [1.165, 1.54) is 6.92 Å². The van der Waals surface area contributed by atoms with Crippen LogP contribution in [-0.2, 0) is 0 Å². The number of hydrogen-bond donors (Lipinski definition) is 2. The number of anilines is 2. The van der Waals surface area contributed by atoms with Crippen LogP contribution in [0.2, 0.25) is 0 Å². The number of rotatable bonds is 3. The lowest BCUT2D eigenvalue weighted by Crippen LogP contribution is -2.12. The molecule has 6 heteroatoms. The Kier molecular flexibility index (Phi) is 3.34. The Morgan fingerprint density at radius 3 is 2.50 bits per heavy atom. The summed E-state index contributed by atoms with van der Waals surface area (Å²) in [4.78, 5) is 27.7. The summed E-state index contributed by atoms with van der Waals surface area (Å²) in [7, 11) is 0. The fourth-order valence-corrected chi connectivity index (χ4v) is 2.07. The number of hydrogen-bond acceptors (Lipinski definition) is 4. The van der Waals surface area contributed by atoms with Crippen molar-refractivity contribution in [1.29, 1.82) is 0 Å². The number of pyridine rings is 1. The van der Waals surface area contributed by atoms with E-state index >= 15 is 0 Å². The molecular weight excluding hydrogens is 280 g/mol. The standard InChI is InChI=1S/C16H14N4O2/c1-10(21)14-9-20-8-13(6-7-15(20)19-14)18-16(22)11-2-4-12(17)5-3-11/h2-9H,17H2,1H3,(H,18,22). The second kappa shape index (κ2) is 5.33. The average Bonchev–Trinajstić information content (AvgIpc) is 2.91. The highest BCUT2D eigenvalue weighted by molar-refractivity contribution is 6.04. The van der Waals surface area contributed by atoms with Crippen molar-refractivity contribution in [2.45, 2.75) is 6.92 Å². The van der Waals surface area contributed by atoms with Gasteiger partial charge >= 0.3 is 0 Å². The van der Waals surface area contributed by atoms with Crippen LogP contribution in [0.15, 0.2) is 48.8 Å². The van der Waals surface area contributed by atoms with Gasteiger partial charge in [-0.25, -0.2) is 4.98 Å². The van der Waals surface area contributed by atoms with Gasteiger partial charge in [0.2, 0.25) is 0 Å². The van der Waals surface area contributed by atoms with Gasteiger partial charge in [0, 0.05) is 30.6 Å². The number of benzene rings is 1. The number of aromatic nitrogens is 2. The summed E-state index contributed by atoms with van der Waals surface area (Å²) in [5, 5.41) is 2.80. The van der Waals surface area contributed by atoms with E-state index in [2.05, 4.69) is 10.3 Å². The van der Waals surface area contributed by atoms with E-state index in [0.29, 0.717) is 28.3 Å². The van der Waals surface area contributed by atoms with Crippen molar-refractivity contribution in [3.05, 3.63) is 60.0 Å². The Bertz CT molecular complexity index is 865. The van der Waals surface area contributed by atoms with E-state index in [1.54, 1.807) is 53.2 Å². The molecule has 0 saturated carbocycles. The Hall–Kier alpha value is -3.15. The Labute approximate surface area is 126 Å². The van der Waals surface area contributed by atoms with Crippen molar-refractivity contribution < 1.29 is 9.59 Å². The van der Waals surface area contributed by atoms with Gasteiger partial charge in [-0.1, -0.05) is 0 Å². The van der Waals surface area contributed by atoms with E-state index < -0.39 is 0 Å². The molecule has 0 radical (unpaired) electrons. The third kappa shape index (κ3) is 2.67. The maximum Gasteiger partial charge on any atom is 0.255 e. The number of nitrogens with two attached hydrogens (primary N) is 1. The second-order valence-corrected chi connectivity index (χ2v) is 4.94. The van der Waals surface area contributed by atoms with E-state index in [9.17, 15) is 9.59 Å². The smallest absolute Gasteiger partial charge is 0.255 e. The van der Waals surface area contributed by atoms with Crippen molar-refractivity contribution in [3.63, 3.8) is 0 Å². The predicted molar refractivity (Wildman–Crippen MR) is 84.0 cm³/mol. The molecule has 2 heterocycles. The van der Waals surface area contributed by atoms with Gasteiger partial charge in [0.15, 0.2) is 5.78 Å². The van der Waals surface area contributed by atoms with Gasteiger partial charge in [-0.05, 0) is 36.4 Å². The highest BCUT2D eigenvalue weighted by Gasteiger charge is 2.09. The number of Topliss-reactive ketones (excluding diaryl/α,β-unsaturated/α-hetero) is 1. The third-order valence-electron chi connectivity index (χ3n) is 3.24. The molecule has 3 N–H and O–H groups in total. The molecule has 0 aliphatic rings. The lowest BCUT2D eigenvalue weighted by molar-refractivity contribution is 0.100. The first-order valence-electron chi connectivity index (χ1n) is 6.69. The topological polar surface area (TPSA) is 89.5 Å². The number of amides is 1. The van der Waals surface area contributed by atoms with Crippen LogP contribution in [-0.4, -0.2) is 21.1 Å².